The summed E-state index contributed by atoms with van der Waals surface area (Å²) < 4.78 is 13.2. The highest BCUT2D eigenvalue weighted by Gasteiger charge is 2.40. The van der Waals surface area contributed by atoms with E-state index in [1.165, 1.54) is 154 Å². The molecule has 2 atom stereocenters. The summed E-state index contributed by atoms with van der Waals surface area (Å²) in [6.07, 6.45) is 47.3. The summed E-state index contributed by atoms with van der Waals surface area (Å²) in [5, 5.41) is 0. The number of ether oxygens (including phenoxy) is 2. The lowest BCUT2D eigenvalue weighted by Crippen LogP contribution is -2.34. The van der Waals surface area contributed by atoms with Crippen LogP contribution in [0.4, 0.5) is 0 Å². The van der Waals surface area contributed by atoms with Crippen LogP contribution in [-0.4, -0.2) is 44.5 Å². The van der Waals surface area contributed by atoms with Crippen molar-refractivity contribution in [2.24, 2.45) is 5.92 Å². The van der Waals surface area contributed by atoms with Crippen molar-refractivity contribution >= 4 is 0 Å². The van der Waals surface area contributed by atoms with E-state index in [1.807, 2.05) is 0 Å². The van der Waals surface area contributed by atoms with Gasteiger partial charge in [0.05, 0.1) is 13.2 Å². The van der Waals surface area contributed by atoms with Crippen LogP contribution in [0.15, 0.2) is 36.5 Å². The van der Waals surface area contributed by atoms with Crippen molar-refractivity contribution in [3.8, 4) is 0 Å². The third-order valence-corrected chi connectivity index (χ3v) is 9.25. The van der Waals surface area contributed by atoms with Crippen molar-refractivity contribution < 1.29 is 9.47 Å². The van der Waals surface area contributed by atoms with Crippen molar-refractivity contribution in [2.75, 3.05) is 33.9 Å². The van der Waals surface area contributed by atoms with Crippen LogP contribution in [0.3, 0.4) is 0 Å². The highest BCUT2D eigenvalue weighted by Crippen LogP contribution is 2.40. The molecule has 1 aliphatic carbocycles. The van der Waals surface area contributed by atoms with Crippen molar-refractivity contribution in [1.82, 2.24) is 4.90 Å². The van der Waals surface area contributed by atoms with Crippen LogP contribution >= 0.6 is 0 Å². The molecule has 1 rings (SSSR count). The maximum Gasteiger partial charge on any atom is 0.168 e. The van der Waals surface area contributed by atoms with E-state index in [-0.39, 0.29) is 5.79 Å². The van der Waals surface area contributed by atoms with Crippen molar-refractivity contribution in [3.05, 3.63) is 36.5 Å². The maximum atomic E-state index is 6.60. The first-order chi connectivity index (χ1) is 21.6. The lowest BCUT2D eigenvalue weighted by atomic mass is 10.0. The van der Waals surface area contributed by atoms with E-state index in [9.17, 15) is 0 Å². The molecule has 0 N–H and O–H groups in total. The van der Waals surface area contributed by atoms with Gasteiger partial charge in [-0.15, -0.1) is 0 Å². The van der Waals surface area contributed by atoms with Crippen LogP contribution in [-0.2, 0) is 9.47 Å². The Balaban J connectivity index is 2.15. The molecule has 0 aromatic rings. The fourth-order valence-corrected chi connectivity index (χ4v) is 6.29. The molecular weight excluding hydrogens is 538 g/mol. The topological polar surface area (TPSA) is 21.7 Å². The molecule has 0 heterocycles. The summed E-state index contributed by atoms with van der Waals surface area (Å²) in [6.45, 7) is 7.43. The third-order valence-electron chi connectivity index (χ3n) is 9.25. The molecule has 0 aliphatic heterocycles. The van der Waals surface area contributed by atoms with Gasteiger partial charge in [-0.25, -0.2) is 0 Å². The molecule has 258 valence electrons. The van der Waals surface area contributed by atoms with E-state index >= 15 is 0 Å². The van der Waals surface area contributed by atoms with Gasteiger partial charge in [-0.05, 0) is 104 Å². The number of unbranched alkanes of at least 4 members (excludes halogenated alkanes) is 17. The lowest BCUT2D eigenvalue weighted by molar-refractivity contribution is -0.235. The van der Waals surface area contributed by atoms with Crippen LogP contribution < -0.4 is 0 Å². The second kappa shape index (κ2) is 30.7. The quantitative estimate of drug-likeness (QED) is 0.0427. The van der Waals surface area contributed by atoms with Gasteiger partial charge in [-0.1, -0.05) is 127 Å². The van der Waals surface area contributed by atoms with Gasteiger partial charge in [-0.2, -0.15) is 0 Å². The summed E-state index contributed by atoms with van der Waals surface area (Å²) in [4.78, 5) is 2.31. The van der Waals surface area contributed by atoms with Gasteiger partial charge in [0.1, 0.15) is 0 Å². The molecule has 44 heavy (non-hydrogen) atoms. The van der Waals surface area contributed by atoms with Crippen LogP contribution in [0.1, 0.15) is 181 Å². The molecule has 0 amide bonds. The fraction of sp³-hybridized carbons (Fsp3) is 0.854. The molecule has 0 saturated heterocycles. The molecule has 0 bridgehead atoms. The Bertz CT molecular complexity index is 684. The SMILES string of the molecule is CCCC/C=C/C/C=C\CCCCCCCOC1(OCCCCCCCCC/C=C\CCCCC)CCC(CCN(C)C)C1. The minimum absolute atomic E-state index is 0.309. The molecule has 3 heteroatoms. The largest absolute Gasteiger partial charge is 0.350 e. The zero-order valence-corrected chi connectivity index (χ0v) is 30.3. The van der Waals surface area contributed by atoms with Gasteiger partial charge < -0.3 is 14.4 Å². The van der Waals surface area contributed by atoms with Crippen molar-refractivity contribution in [1.29, 1.82) is 0 Å². The van der Waals surface area contributed by atoms with E-state index in [2.05, 4.69) is 69.3 Å². The minimum atomic E-state index is -0.309. The fourth-order valence-electron chi connectivity index (χ4n) is 6.29. The second-order valence-corrected chi connectivity index (χ2v) is 13.9. The first kappa shape index (κ1) is 41.1. The number of nitrogens with zero attached hydrogens (tertiary/aromatic N) is 1. The highest BCUT2D eigenvalue weighted by atomic mass is 16.7. The van der Waals surface area contributed by atoms with Gasteiger partial charge in [0.15, 0.2) is 5.79 Å². The standard InChI is InChI=1S/C41H77NO2/c1-5-7-9-11-13-15-17-19-21-23-25-27-29-31-37-43-41(35-33-40(39-41)34-36-42(3)4)44-38-32-30-28-26-24-22-20-18-16-14-12-10-8-6-2/h11,13-14,16-17,19,40H,5-10,12,15,18,20-39H2,1-4H3/b13-11+,16-14-,19-17-. The Hall–Kier alpha value is -0.900. The summed E-state index contributed by atoms with van der Waals surface area (Å²) in [7, 11) is 4.37. The Morgan fingerprint density at radius 3 is 1.55 bits per heavy atom. The van der Waals surface area contributed by atoms with Gasteiger partial charge in [-0.3, -0.25) is 0 Å². The second-order valence-electron chi connectivity index (χ2n) is 13.9. The van der Waals surface area contributed by atoms with Crippen LogP contribution in [0.25, 0.3) is 0 Å². The molecule has 1 fully saturated rings. The molecule has 0 aromatic heterocycles. The zero-order valence-electron chi connectivity index (χ0n) is 30.3. The lowest BCUT2D eigenvalue weighted by Gasteiger charge is -2.30. The van der Waals surface area contributed by atoms with Crippen LogP contribution in [0, 0.1) is 5.92 Å². The first-order valence-corrected chi connectivity index (χ1v) is 19.5. The minimum Gasteiger partial charge on any atom is -0.350 e. The van der Waals surface area contributed by atoms with Crippen LogP contribution in [0.2, 0.25) is 0 Å². The number of hydrogen-bond acceptors (Lipinski definition) is 3. The average Bonchev–Trinajstić information content (AvgIpc) is 3.43. The Morgan fingerprint density at radius 2 is 1.02 bits per heavy atom. The molecule has 1 saturated carbocycles. The molecule has 1 aliphatic rings. The summed E-state index contributed by atoms with van der Waals surface area (Å²) >= 11 is 0. The summed E-state index contributed by atoms with van der Waals surface area (Å²) in [6, 6.07) is 0. The Morgan fingerprint density at radius 1 is 0.568 bits per heavy atom. The molecule has 0 spiro atoms. The van der Waals surface area contributed by atoms with Gasteiger partial charge >= 0.3 is 0 Å². The Labute approximate surface area is 276 Å². The van der Waals surface area contributed by atoms with E-state index in [4.69, 9.17) is 9.47 Å². The number of rotatable bonds is 32. The summed E-state index contributed by atoms with van der Waals surface area (Å²) in [5.74, 6) is 0.431. The van der Waals surface area contributed by atoms with E-state index in [0.29, 0.717) is 0 Å². The Kier molecular flexibility index (Phi) is 28.7. The predicted octanol–water partition coefficient (Wildman–Crippen LogP) is 12.8. The van der Waals surface area contributed by atoms with E-state index in [0.717, 1.165) is 38.4 Å². The number of hydrogen-bond donors (Lipinski definition) is 0. The monoisotopic (exact) mass is 616 g/mol. The normalized spacial score (nSPS) is 19.2. The smallest absolute Gasteiger partial charge is 0.168 e. The van der Waals surface area contributed by atoms with Crippen molar-refractivity contribution in [3.63, 3.8) is 0 Å². The average molecular weight is 616 g/mol. The molecule has 0 radical (unpaired) electrons. The first-order valence-electron chi connectivity index (χ1n) is 19.5. The van der Waals surface area contributed by atoms with Gasteiger partial charge in [0.2, 0.25) is 0 Å². The molecule has 2 unspecified atom stereocenters. The van der Waals surface area contributed by atoms with Gasteiger partial charge in [0.25, 0.3) is 0 Å². The molecule has 3 nitrogen and oxygen atoms in total. The zero-order chi connectivity index (χ0) is 31.8. The maximum absolute atomic E-state index is 6.60. The predicted molar refractivity (Wildman–Crippen MR) is 195 cm³/mol. The van der Waals surface area contributed by atoms with Crippen molar-refractivity contribution in [2.45, 2.75) is 187 Å². The highest BCUT2D eigenvalue weighted by molar-refractivity contribution is 4.92. The molecular formula is C41H77NO2. The third kappa shape index (κ3) is 25.3. The summed E-state index contributed by atoms with van der Waals surface area (Å²) in [5.41, 5.74) is 0. The van der Waals surface area contributed by atoms with Crippen LogP contribution in [0.5, 0.6) is 0 Å². The van der Waals surface area contributed by atoms with E-state index in [1.54, 1.807) is 0 Å². The number of allylic oxidation sites excluding steroid dienone is 6. The van der Waals surface area contributed by atoms with Gasteiger partial charge in [0, 0.05) is 12.8 Å². The molecule has 0 aromatic carbocycles. The van der Waals surface area contributed by atoms with E-state index < -0.39 is 0 Å².